The van der Waals surface area contributed by atoms with Crippen molar-refractivity contribution in [1.82, 2.24) is 4.90 Å². The van der Waals surface area contributed by atoms with Gasteiger partial charge >= 0.3 is 23.9 Å². The lowest BCUT2D eigenvalue weighted by atomic mass is 9.73. The molecular weight excluding hydrogens is 904 g/mol. The largest absolute Gasteiger partial charge is 0.457 e. The summed E-state index contributed by atoms with van der Waals surface area (Å²) >= 11 is 0. The van der Waals surface area contributed by atoms with Gasteiger partial charge in [-0.05, 0) is 73.4 Å². The number of cyclic esters (lactones) is 1. The Kier molecular flexibility index (Phi) is 20.0. The molecule has 3 unspecified atom stereocenters. The predicted octanol–water partition coefficient (Wildman–Crippen LogP) is 5.38. The Morgan fingerprint density at radius 1 is 0.957 bits per heavy atom. The molecule has 0 saturated carbocycles. The lowest BCUT2D eigenvalue weighted by Crippen LogP contribution is -2.64. The van der Waals surface area contributed by atoms with Crippen molar-refractivity contribution in [3.8, 4) is 12.3 Å². The van der Waals surface area contributed by atoms with Crippen LogP contribution < -0.4 is 0 Å². The van der Waals surface area contributed by atoms with Gasteiger partial charge in [-0.1, -0.05) is 39.4 Å². The summed E-state index contributed by atoms with van der Waals surface area (Å²) in [5.41, 5.74) is -7.12. The zero-order valence-corrected chi connectivity index (χ0v) is 43.4. The molecule has 4 saturated heterocycles. The number of methoxy groups -OCH3 is 1. The van der Waals surface area contributed by atoms with Gasteiger partial charge in [0.2, 0.25) is 5.67 Å². The molecule has 19 heteroatoms. The molecule has 2 bridgehead atoms. The average Bonchev–Trinajstić information content (AvgIpc) is 3.26. The third-order valence-corrected chi connectivity index (χ3v) is 14.2. The van der Waals surface area contributed by atoms with Crippen molar-refractivity contribution in [2.75, 3.05) is 33.9 Å². The van der Waals surface area contributed by atoms with E-state index >= 15 is 4.39 Å². The molecule has 0 aromatic heterocycles. The molecule has 0 aromatic carbocycles. The van der Waals surface area contributed by atoms with Gasteiger partial charge in [-0.3, -0.25) is 14.5 Å². The number of alkyl halides is 1. The molecule has 0 radical (unpaired) electrons. The van der Waals surface area contributed by atoms with E-state index in [-0.39, 0.29) is 38.2 Å². The van der Waals surface area contributed by atoms with E-state index in [9.17, 15) is 24.3 Å². The van der Waals surface area contributed by atoms with Gasteiger partial charge in [-0.15, -0.1) is 12.3 Å². The number of ether oxygens (including phenoxy) is 10. The summed E-state index contributed by atoms with van der Waals surface area (Å²) in [6.45, 7) is 24.4. The molecule has 4 fully saturated rings. The van der Waals surface area contributed by atoms with Crippen LogP contribution >= 0.6 is 0 Å². The predicted molar refractivity (Wildman–Crippen MR) is 249 cm³/mol. The minimum Gasteiger partial charge on any atom is -0.457 e. The Hall–Kier alpha value is -3.58. The summed E-state index contributed by atoms with van der Waals surface area (Å²) in [6.07, 6.45) is -5.26. The third-order valence-electron chi connectivity index (χ3n) is 14.2. The van der Waals surface area contributed by atoms with Crippen molar-refractivity contribution in [3.05, 3.63) is 12.2 Å². The fraction of sp³-hybridized carbons (Fsp3) is 0.820. The fourth-order valence-corrected chi connectivity index (χ4v) is 10.7. The molecule has 4 aliphatic heterocycles. The lowest BCUT2D eigenvalue weighted by molar-refractivity contribution is -0.326. The number of carbonyl (C=O) groups is 4. The Morgan fingerprint density at radius 2 is 1.61 bits per heavy atom. The summed E-state index contributed by atoms with van der Waals surface area (Å²) in [5.74, 6) is -3.36. The summed E-state index contributed by atoms with van der Waals surface area (Å²) in [7, 11) is 3.30. The van der Waals surface area contributed by atoms with Crippen LogP contribution in [-0.4, -0.2) is 163 Å². The van der Waals surface area contributed by atoms with E-state index in [1.54, 1.807) is 41.5 Å². The van der Waals surface area contributed by atoms with Crippen molar-refractivity contribution in [2.45, 2.75) is 212 Å². The number of terminal acetylenes is 1. The monoisotopic (exact) mass is 983 g/mol. The van der Waals surface area contributed by atoms with Crippen molar-refractivity contribution < 1.29 is 80.9 Å². The molecule has 18 atom stereocenters. The third kappa shape index (κ3) is 13.7. The number of rotatable bonds is 12. The van der Waals surface area contributed by atoms with Gasteiger partial charge < -0.3 is 57.3 Å². The van der Waals surface area contributed by atoms with Crippen molar-refractivity contribution >= 4 is 29.6 Å². The van der Waals surface area contributed by atoms with Gasteiger partial charge in [0.05, 0.1) is 55.0 Å². The summed E-state index contributed by atoms with van der Waals surface area (Å²) in [6, 6.07) is -0.469. The van der Waals surface area contributed by atoms with Crippen molar-refractivity contribution in [3.63, 3.8) is 0 Å². The van der Waals surface area contributed by atoms with Crippen LogP contribution in [-0.2, 0) is 71.4 Å². The Labute approximate surface area is 407 Å². The van der Waals surface area contributed by atoms with E-state index in [0.29, 0.717) is 25.0 Å². The molecule has 0 aliphatic carbocycles. The van der Waals surface area contributed by atoms with Crippen LogP contribution in [0, 0.1) is 30.1 Å². The highest BCUT2D eigenvalue weighted by Gasteiger charge is 2.59. The standard InChI is InChI=1S/C50H79FN2O16/c1-18-20-21-53(16)36-22-29(5)62-45(40(36)64-33(9)54)68-41-31(7)42(67-38-24-47(12,59-17)44(32(8)63-38)65-34(10)55)49(14,51)46(57)66-37(19-2)50(15,58)43-30(6)39(52-69-35(11)56)28(4)23-48(41,13)61-26-27(3)25-60-43/h1,28-32,36-38,40-45,58H,3,19-26H2,2,4-17H3/b52-39+/t28-,29-,30+,31-,32+,36+,37-,38?,40?,41-,42+,43-,44+,45?,47-,48-,49+,50-/m1/s1. The number of aliphatic hydroxyl groups is 1. The van der Waals surface area contributed by atoms with E-state index in [1.165, 1.54) is 34.8 Å². The van der Waals surface area contributed by atoms with E-state index in [1.807, 2.05) is 25.8 Å². The van der Waals surface area contributed by atoms with Crippen LogP contribution in [0.5, 0.6) is 0 Å². The maximum absolute atomic E-state index is 18.5. The SMILES string of the molecule is C#CCCN(C)[C@H]1C[C@@H](C)OC(O[C@@H]2[C@@H](C)[C@H](OC3C[C@@](C)(OC)[C@@H](OC(C)=O)[C@H](C)O3)[C@](C)(F)C(=O)O[C@H](CC)[C@@](C)(O)[C@@H]3OCC(=C)CO[C@]2(C)C[C@@H](C)/C(=N\OC(C)=O)[C@@H]3C)C1OC(C)=O. The molecule has 1 N–H and O–H groups in total. The van der Waals surface area contributed by atoms with Gasteiger partial charge in [-0.25, -0.2) is 14.0 Å². The van der Waals surface area contributed by atoms with Crippen LogP contribution in [0.2, 0.25) is 0 Å². The quantitative estimate of drug-likeness (QED) is 0.0651. The molecule has 0 spiro atoms. The summed E-state index contributed by atoms with van der Waals surface area (Å²) in [5, 5.41) is 16.9. The highest BCUT2D eigenvalue weighted by atomic mass is 19.1. The molecule has 18 nitrogen and oxygen atoms in total. The van der Waals surface area contributed by atoms with E-state index < -0.39 is 132 Å². The number of carbonyl (C=O) groups excluding carboxylic acids is 4. The van der Waals surface area contributed by atoms with Gasteiger partial charge in [0.25, 0.3) is 0 Å². The normalized spacial score (nSPS) is 42.2. The number of fused-ring (bicyclic) bond motifs is 5. The molecule has 4 aliphatic rings. The highest BCUT2D eigenvalue weighted by Crippen LogP contribution is 2.45. The van der Waals surface area contributed by atoms with E-state index in [4.69, 9.17) is 58.6 Å². The number of hydrogen-bond acceptors (Lipinski definition) is 18. The zero-order valence-electron chi connectivity index (χ0n) is 43.4. The first-order valence-electron chi connectivity index (χ1n) is 24.0. The first-order chi connectivity index (χ1) is 32.1. The topological polar surface area (TPSA) is 206 Å². The molecule has 4 heterocycles. The Bertz CT molecular complexity index is 1890. The van der Waals surface area contributed by atoms with Gasteiger partial charge in [0, 0.05) is 65.0 Å². The van der Waals surface area contributed by atoms with E-state index in [2.05, 4.69) is 17.7 Å². The number of hydrogen-bond donors (Lipinski definition) is 1. The van der Waals surface area contributed by atoms with Crippen molar-refractivity contribution in [2.24, 2.45) is 22.9 Å². The minimum absolute atomic E-state index is 0.000988. The number of likely N-dealkylation sites (N-methyl/N-ethyl adjacent to an activating group) is 1. The van der Waals surface area contributed by atoms with E-state index in [0.717, 1.165) is 6.92 Å². The second-order valence-electron chi connectivity index (χ2n) is 20.3. The van der Waals surface area contributed by atoms with Gasteiger partial charge in [0.15, 0.2) is 24.8 Å². The second kappa shape index (κ2) is 23.8. The molecule has 392 valence electrons. The average molecular weight is 983 g/mol. The van der Waals surface area contributed by atoms with Gasteiger partial charge in [0.1, 0.15) is 23.4 Å². The Morgan fingerprint density at radius 3 is 2.19 bits per heavy atom. The molecule has 69 heavy (non-hydrogen) atoms. The van der Waals surface area contributed by atoms with Crippen molar-refractivity contribution in [1.29, 1.82) is 0 Å². The van der Waals surface area contributed by atoms with Gasteiger partial charge in [-0.2, -0.15) is 0 Å². The van der Waals surface area contributed by atoms with Crippen LogP contribution in [0.15, 0.2) is 17.3 Å². The summed E-state index contributed by atoms with van der Waals surface area (Å²) in [4.78, 5) is 59.7. The summed E-state index contributed by atoms with van der Waals surface area (Å²) < 4.78 is 82.5. The first-order valence-corrected chi connectivity index (χ1v) is 24.0. The first kappa shape index (κ1) is 58.0. The number of esters is 3. The molecule has 0 amide bonds. The minimum atomic E-state index is -3.05. The molecular formula is C50H79FN2O16. The Balaban J connectivity index is 2.08. The van der Waals surface area contributed by atoms with Crippen LogP contribution in [0.25, 0.3) is 0 Å². The lowest BCUT2D eigenvalue weighted by Gasteiger charge is -2.51. The number of oxime groups is 1. The number of nitrogens with zero attached hydrogens (tertiary/aromatic N) is 2. The van der Waals surface area contributed by atoms with Crippen LogP contribution in [0.4, 0.5) is 4.39 Å². The fourth-order valence-electron chi connectivity index (χ4n) is 10.7. The maximum atomic E-state index is 18.5. The molecule has 4 rings (SSSR count). The second-order valence-corrected chi connectivity index (χ2v) is 20.3. The van der Waals surface area contributed by atoms with Crippen LogP contribution in [0.3, 0.4) is 0 Å². The maximum Gasteiger partial charge on any atom is 0.346 e. The zero-order chi connectivity index (χ0) is 52.0. The number of halogens is 1. The highest BCUT2D eigenvalue weighted by molar-refractivity contribution is 5.89. The molecule has 0 aromatic rings. The van der Waals surface area contributed by atoms with Crippen LogP contribution in [0.1, 0.15) is 122 Å². The smallest absolute Gasteiger partial charge is 0.346 e.